The zero-order valence-corrected chi connectivity index (χ0v) is 16.1. The molecule has 3 rings (SSSR count). The van der Waals surface area contributed by atoms with Gasteiger partial charge in [-0.3, -0.25) is 9.69 Å². The van der Waals surface area contributed by atoms with Crippen LogP contribution in [0.2, 0.25) is 0 Å². The number of pyridine rings is 1. The standard InChI is InChI=1S/C18H25N3O4S/c1-12-4-5-16-15(6-12)17(22)7-14(19-16)9-21-8-13(18(23)10-21)11-26(24,25)20(2)3/h4-7,13,18,23H,8-11H2,1-3H3,(H,19,22). The van der Waals surface area contributed by atoms with Crippen molar-refractivity contribution in [2.45, 2.75) is 19.6 Å². The highest BCUT2D eigenvalue weighted by Crippen LogP contribution is 2.21. The Labute approximate surface area is 153 Å². The van der Waals surface area contributed by atoms with E-state index in [2.05, 4.69) is 4.98 Å². The number of aliphatic hydroxyl groups excluding tert-OH is 1. The fourth-order valence-electron chi connectivity index (χ4n) is 3.40. The molecule has 2 N–H and O–H groups in total. The molecule has 1 aromatic carbocycles. The summed E-state index contributed by atoms with van der Waals surface area (Å²) in [6.07, 6.45) is -0.695. The van der Waals surface area contributed by atoms with Crippen LogP contribution >= 0.6 is 0 Å². The van der Waals surface area contributed by atoms with E-state index in [0.29, 0.717) is 25.0 Å². The number of aryl methyl sites for hydroxylation is 1. The lowest BCUT2D eigenvalue weighted by Gasteiger charge is -2.18. The second-order valence-electron chi connectivity index (χ2n) is 7.29. The number of fused-ring (bicyclic) bond motifs is 1. The largest absolute Gasteiger partial charge is 0.391 e. The molecule has 2 unspecified atom stereocenters. The molecule has 8 heteroatoms. The number of hydrogen-bond acceptors (Lipinski definition) is 5. The maximum Gasteiger partial charge on any atom is 0.214 e. The van der Waals surface area contributed by atoms with Crippen LogP contribution in [0.5, 0.6) is 0 Å². The highest BCUT2D eigenvalue weighted by Gasteiger charge is 2.35. The molecule has 2 heterocycles. The number of H-pyrrole nitrogens is 1. The van der Waals surface area contributed by atoms with Gasteiger partial charge in [0.1, 0.15) is 0 Å². The molecule has 1 saturated heterocycles. The summed E-state index contributed by atoms with van der Waals surface area (Å²) in [6, 6.07) is 7.28. The fraction of sp³-hybridized carbons (Fsp3) is 0.500. The van der Waals surface area contributed by atoms with Gasteiger partial charge in [0.15, 0.2) is 5.43 Å². The van der Waals surface area contributed by atoms with E-state index in [9.17, 15) is 18.3 Å². The molecule has 1 aliphatic rings. The molecule has 26 heavy (non-hydrogen) atoms. The summed E-state index contributed by atoms with van der Waals surface area (Å²) in [4.78, 5) is 17.6. The fourth-order valence-corrected chi connectivity index (χ4v) is 4.56. The van der Waals surface area contributed by atoms with Gasteiger partial charge in [-0.1, -0.05) is 11.6 Å². The van der Waals surface area contributed by atoms with Gasteiger partial charge in [0.25, 0.3) is 0 Å². The molecule has 0 amide bonds. The molecule has 1 aromatic heterocycles. The lowest BCUT2D eigenvalue weighted by atomic mass is 10.1. The van der Waals surface area contributed by atoms with Gasteiger partial charge < -0.3 is 10.1 Å². The minimum absolute atomic E-state index is 0.0380. The Morgan fingerprint density at radius 1 is 1.27 bits per heavy atom. The highest BCUT2D eigenvalue weighted by molar-refractivity contribution is 7.89. The highest BCUT2D eigenvalue weighted by atomic mass is 32.2. The first kappa shape index (κ1) is 19.0. The Morgan fingerprint density at radius 2 is 2.00 bits per heavy atom. The number of β-amino-alcohol motifs (C(OH)–C–C–N with tert-alkyl or cyclic N) is 1. The van der Waals surface area contributed by atoms with Crippen LogP contribution in [0.3, 0.4) is 0 Å². The number of sulfonamides is 1. The number of benzene rings is 1. The van der Waals surface area contributed by atoms with Crippen LogP contribution in [0, 0.1) is 12.8 Å². The third kappa shape index (κ3) is 3.98. The minimum Gasteiger partial charge on any atom is -0.391 e. The average Bonchev–Trinajstić information content (AvgIpc) is 2.87. The molecule has 0 aliphatic carbocycles. The molecule has 1 fully saturated rings. The van der Waals surface area contributed by atoms with Crippen molar-refractivity contribution in [1.29, 1.82) is 0 Å². The van der Waals surface area contributed by atoms with Crippen molar-refractivity contribution in [3.05, 3.63) is 45.7 Å². The van der Waals surface area contributed by atoms with Gasteiger partial charge in [-0.15, -0.1) is 0 Å². The molecular formula is C18H25N3O4S. The third-order valence-electron chi connectivity index (χ3n) is 4.90. The molecule has 0 bridgehead atoms. The molecule has 1 aliphatic heterocycles. The second-order valence-corrected chi connectivity index (χ2v) is 9.52. The van der Waals surface area contributed by atoms with Gasteiger partial charge in [-0.05, 0) is 19.1 Å². The Balaban J connectivity index is 1.75. The van der Waals surface area contributed by atoms with E-state index < -0.39 is 16.1 Å². The topological polar surface area (TPSA) is 93.7 Å². The maximum absolute atomic E-state index is 12.3. The Bertz CT molecular complexity index is 968. The van der Waals surface area contributed by atoms with E-state index in [0.717, 1.165) is 16.8 Å². The van der Waals surface area contributed by atoms with Crippen LogP contribution in [0.25, 0.3) is 10.9 Å². The van der Waals surface area contributed by atoms with Crippen molar-refractivity contribution in [3.8, 4) is 0 Å². The third-order valence-corrected chi connectivity index (χ3v) is 6.86. The summed E-state index contributed by atoms with van der Waals surface area (Å²) in [6.45, 7) is 3.28. The molecule has 0 radical (unpaired) electrons. The van der Waals surface area contributed by atoms with E-state index in [1.54, 1.807) is 6.07 Å². The van der Waals surface area contributed by atoms with Crippen LogP contribution in [0.15, 0.2) is 29.1 Å². The molecule has 2 aromatic rings. The van der Waals surface area contributed by atoms with Gasteiger partial charge in [0, 0.05) is 62.3 Å². The second kappa shape index (κ2) is 7.11. The number of likely N-dealkylation sites (tertiary alicyclic amines) is 1. The quantitative estimate of drug-likeness (QED) is 0.790. The van der Waals surface area contributed by atoms with E-state index in [1.807, 2.05) is 30.0 Å². The molecule has 0 saturated carbocycles. The van der Waals surface area contributed by atoms with Crippen molar-refractivity contribution >= 4 is 20.9 Å². The van der Waals surface area contributed by atoms with Gasteiger partial charge in [0.2, 0.25) is 10.0 Å². The maximum atomic E-state index is 12.3. The van der Waals surface area contributed by atoms with E-state index in [-0.39, 0.29) is 17.1 Å². The summed E-state index contributed by atoms with van der Waals surface area (Å²) in [5.41, 5.74) is 2.53. The smallest absolute Gasteiger partial charge is 0.214 e. The summed E-state index contributed by atoms with van der Waals surface area (Å²) in [5.74, 6) is -0.414. The van der Waals surface area contributed by atoms with E-state index in [4.69, 9.17) is 0 Å². The van der Waals surface area contributed by atoms with E-state index in [1.165, 1.54) is 18.4 Å². The van der Waals surface area contributed by atoms with E-state index >= 15 is 0 Å². The monoisotopic (exact) mass is 379 g/mol. The number of nitrogens with one attached hydrogen (secondary N) is 1. The molecule has 0 spiro atoms. The lowest BCUT2D eigenvalue weighted by Crippen LogP contribution is -2.33. The van der Waals surface area contributed by atoms with Crippen molar-refractivity contribution < 1.29 is 13.5 Å². The lowest BCUT2D eigenvalue weighted by molar-refractivity contribution is 0.148. The predicted molar refractivity (Wildman–Crippen MR) is 102 cm³/mol. The van der Waals surface area contributed by atoms with Crippen LogP contribution in [-0.4, -0.2) is 66.8 Å². The number of aliphatic hydroxyl groups is 1. The van der Waals surface area contributed by atoms with Gasteiger partial charge in [0.05, 0.1) is 11.9 Å². The average molecular weight is 379 g/mol. The van der Waals surface area contributed by atoms with Gasteiger partial charge in [-0.25, -0.2) is 12.7 Å². The Morgan fingerprint density at radius 3 is 2.69 bits per heavy atom. The zero-order valence-electron chi connectivity index (χ0n) is 15.3. The predicted octanol–water partition coefficient (Wildman–Crippen LogP) is 0.521. The molecular weight excluding hydrogens is 354 g/mol. The van der Waals surface area contributed by atoms with Crippen LogP contribution < -0.4 is 5.43 Å². The minimum atomic E-state index is -3.36. The number of nitrogens with zero attached hydrogens (tertiary/aromatic N) is 2. The van der Waals surface area contributed by atoms with Crippen molar-refractivity contribution in [1.82, 2.24) is 14.2 Å². The number of aromatic amines is 1. The first-order valence-electron chi connectivity index (χ1n) is 8.59. The normalized spacial score (nSPS) is 21.7. The van der Waals surface area contributed by atoms with Crippen molar-refractivity contribution in [2.24, 2.45) is 5.92 Å². The van der Waals surface area contributed by atoms with Gasteiger partial charge in [-0.2, -0.15) is 0 Å². The first-order valence-corrected chi connectivity index (χ1v) is 10.2. The molecule has 142 valence electrons. The summed E-state index contributed by atoms with van der Waals surface area (Å²) >= 11 is 0. The summed E-state index contributed by atoms with van der Waals surface area (Å²) in [5, 5.41) is 10.9. The van der Waals surface area contributed by atoms with Crippen LogP contribution in [-0.2, 0) is 16.6 Å². The molecule has 7 nitrogen and oxygen atoms in total. The summed E-state index contributed by atoms with van der Waals surface area (Å²) < 4.78 is 25.3. The number of aromatic nitrogens is 1. The van der Waals surface area contributed by atoms with Gasteiger partial charge >= 0.3 is 0 Å². The van der Waals surface area contributed by atoms with Crippen LogP contribution in [0.4, 0.5) is 0 Å². The SMILES string of the molecule is Cc1ccc2[nH]c(CN3CC(O)C(CS(=O)(=O)N(C)C)C3)cc(=O)c2c1. The van der Waals surface area contributed by atoms with Crippen molar-refractivity contribution in [2.75, 3.05) is 32.9 Å². The number of rotatable bonds is 5. The molecule has 2 atom stereocenters. The van der Waals surface area contributed by atoms with Crippen molar-refractivity contribution in [3.63, 3.8) is 0 Å². The Hall–Kier alpha value is -1.74. The number of hydrogen-bond donors (Lipinski definition) is 2. The Kier molecular flexibility index (Phi) is 5.21. The first-order chi connectivity index (χ1) is 12.2. The van der Waals surface area contributed by atoms with Crippen LogP contribution in [0.1, 0.15) is 11.3 Å². The zero-order chi connectivity index (χ0) is 19.1. The summed E-state index contributed by atoms with van der Waals surface area (Å²) in [7, 11) is -0.370.